The number of rotatable bonds is 13. The van der Waals surface area contributed by atoms with E-state index >= 15 is 0 Å². The number of hydrogen-bond donors (Lipinski definition) is 1. The Labute approximate surface area is 290 Å². The van der Waals surface area contributed by atoms with Gasteiger partial charge in [-0.05, 0) is 66.9 Å². The molecule has 0 fully saturated rings. The number of hydrogen-bond acceptors (Lipinski definition) is 4. The summed E-state index contributed by atoms with van der Waals surface area (Å²) in [4.78, 5) is 29.6. The highest BCUT2D eigenvalue weighted by Crippen LogP contribution is 2.34. The van der Waals surface area contributed by atoms with Crippen molar-refractivity contribution in [3.05, 3.63) is 128 Å². The average molecular weight is 722 g/mol. The average Bonchev–Trinajstić information content (AvgIpc) is 3.03. The minimum absolute atomic E-state index is 0.0163. The Bertz CT molecular complexity index is 1790. The van der Waals surface area contributed by atoms with Gasteiger partial charge in [-0.25, -0.2) is 8.42 Å². The smallest absolute Gasteiger partial charge is 0.264 e. The summed E-state index contributed by atoms with van der Waals surface area (Å²) in [5, 5.41) is 3.89. The van der Waals surface area contributed by atoms with Crippen LogP contribution in [0.15, 0.2) is 95.9 Å². The molecule has 46 heavy (non-hydrogen) atoms. The molecule has 1 N–H and O–H groups in total. The molecule has 0 saturated carbocycles. The number of amides is 2. The van der Waals surface area contributed by atoms with E-state index in [4.69, 9.17) is 46.4 Å². The summed E-state index contributed by atoms with van der Waals surface area (Å²) in [6.07, 6.45) is 0.840. The number of nitrogens with one attached hydrogen (secondary N) is 1. The van der Waals surface area contributed by atoms with Crippen LogP contribution in [-0.2, 0) is 32.6 Å². The van der Waals surface area contributed by atoms with E-state index < -0.39 is 34.4 Å². The first-order valence-electron chi connectivity index (χ1n) is 14.5. The van der Waals surface area contributed by atoms with Crippen LogP contribution in [0.25, 0.3) is 0 Å². The zero-order chi connectivity index (χ0) is 33.4. The molecule has 0 aliphatic heterocycles. The quantitative estimate of drug-likeness (QED) is 0.152. The van der Waals surface area contributed by atoms with Crippen molar-refractivity contribution in [2.75, 3.05) is 17.4 Å². The van der Waals surface area contributed by atoms with Gasteiger partial charge in [0.2, 0.25) is 11.8 Å². The van der Waals surface area contributed by atoms with Crippen molar-refractivity contribution < 1.29 is 18.0 Å². The Morgan fingerprint density at radius 2 is 1.48 bits per heavy atom. The first-order valence-corrected chi connectivity index (χ1v) is 17.5. The molecule has 12 heteroatoms. The van der Waals surface area contributed by atoms with Crippen LogP contribution in [0.5, 0.6) is 0 Å². The number of benzene rings is 4. The summed E-state index contributed by atoms with van der Waals surface area (Å²) >= 11 is 25.5. The lowest BCUT2D eigenvalue weighted by molar-refractivity contribution is -0.140. The lowest BCUT2D eigenvalue weighted by atomic mass is 10.0. The van der Waals surface area contributed by atoms with Crippen LogP contribution in [0, 0.1) is 6.92 Å². The zero-order valence-electron chi connectivity index (χ0n) is 25.2. The number of halogens is 4. The molecule has 4 aromatic carbocycles. The molecular weight excluding hydrogens is 688 g/mol. The van der Waals surface area contributed by atoms with Gasteiger partial charge in [-0.15, -0.1) is 0 Å². The van der Waals surface area contributed by atoms with Gasteiger partial charge in [0.1, 0.15) is 12.6 Å². The van der Waals surface area contributed by atoms with E-state index in [1.165, 1.54) is 35.2 Å². The van der Waals surface area contributed by atoms with Gasteiger partial charge in [0, 0.05) is 34.6 Å². The van der Waals surface area contributed by atoms with Crippen molar-refractivity contribution in [3.8, 4) is 0 Å². The van der Waals surface area contributed by atoms with Crippen molar-refractivity contribution >= 4 is 73.9 Å². The van der Waals surface area contributed by atoms with Gasteiger partial charge in [0.15, 0.2) is 0 Å². The fourth-order valence-electron chi connectivity index (χ4n) is 4.78. The topological polar surface area (TPSA) is 86.8 Å². The van der Waals surface area contributed by atoms with Gasteiger partial charge < -0.3 is 10.2 Å². The molecule has 0 aliphatic carbocycles. The second-order valence-electron chi connectivity index (χ2n) is 10.7. The largest absolute Gasteiger partial charge is 0.354 e. The van der Waals surface area contributed by atoms with E-state index in [0.717, 1.165) is 15.4 Å². The summed E-state index contributed by atoms with van der Waals surface area (Å²) in [6, 6.07) is 23.7. The number of carbonyl (C=O) groups excluding carboxylic acids is 2. The molecule has 0 saturated heterocycles. The first kappa shape index (κ1) is 35.6. The molecule has 0 aliphatic rings. The Balaban J connectivity index is 1.85. The van der Waals surface area contributed by atoms with Gasteiger partial charge in [0.25, 0.3) is 10.0 Å². The molecular formula is C34H33Cl4N3O4S. The van der Waals surface area contributed by atoms with Crippen LogP contribution in [0.1, 0.15) is 30.0 Å². The predicted molar refractivity (Wildman–Crippen MR) is 186 cm³/mol. The lowest BCUT2D eigenvalue weighted by Gasteiger charge is -2.34. The van der Waals surface area contributed by atoms with Gasteiger partial charge in [-0.3, -0.25) is 13.9 Å². The van der Waals surface area contributed by atoms with Crippen LogP contribution < -0.4 is 9.62 Å². The highest BCUT2D eigenvalue weighted by Gasteiger charge is 2.35. The molecule has 1 atom stereocenters. The van der Waals surface area contributed by atoms with E-state index in [2.05, 4.69) is 5.32 Å². The van der Waals surface area contributed by atoms with E-state index in [-0.39, 0.29) is 33.6 Å². The van der Waals surface area contributed by atoms with E-state index in [1.807, 2.05) is 44.2 Å². The number of nitrogens with zero attached hydrogens (tertiary/aromatic N) is 2. The molecule has 242 valence electrons. The third kappa shape index (κ3) is 8.96. The van der Waals surface area contributed by atoms with Crippen molar-refractivity contribution in [2.45, 2.75) is 44.2 Å². The minimum Gasteiger partial charge on any atom is -0.354 e. The van der Waals surface area contributed by atoms with Gasteiger partial charge in [-0.2, -0.15) is 0 Å². The fourth-order valence-corrected chi connectivity index (χ4v) is 7.11. The Morgan fingerprint density at radius 3 is 2.13 bits per heavy atom. The Hall–Kier alpha value is -3.27. The Kier molecular flexibility index (Phi) is 12.4. The molecule has 0 bridgehead atoms. The van der Waals surface area contributed by atoms with Crippen molar-refractivity contribution in [1.29, 1.82) is 0 Å². The molecule has 0 radical (unpaired) electrons. The normalized spacial score (nSPS) is 12.0. The molecule has 0 heterocycles. The van der Waals surface area contributed by atoms with Gasteiger partial charge in [0.05, 0.1) is 15.6 Å². The van der Waals surface area contributed by atoms with Crippen LogP contribution in [0.4, 0.5) is 5.69 Å². The van der Waals surface area contributed by atoms with E-state index in [1.54, 1.807) is 30.3 Å². The first-order chi connectivity index (χ1) is 21.9. The number of aryl methyl sites for hydroxylation is 1. The maximum atomic E-state index is 14.5. The van der Waals surface area contributed by atoms with E-state index in [9.17, 15) is 18.0 Å². The van der Waals surface area contributed by atoms with Crippen LogP contribution in [0.3, 0.4) is 0 Å². The second kappa shape index (κ2) is 16.0. The maximum absolute atomic E-state index is 14.5. The summed E-state index contributed by atoms with van der Waals surface area (Å²) in [7, 11) is -4.35. The number of sulfonamides is 1. The van der Waals surface area contributed by atoms with E-state index in [0.29, 0.717) is 28.6 Å². The van der Waals surface area contributed by atoms with Crippen molar-refractivity contribution in [1.82, 2.24) is 10.2 Å². The van der Waals surface area contributed by atoms with Crippen LogP contribution in [0.2, 0.25) is 20.1 Å². The molecule has 0 unspecified atom stereocenters. The summed E-state index contributed by atoms with van der Waals surface area (Å²) in [5.74, 6) is -1.05. The minimum atomic E-state index is -4.35. The van der Waals surface area contributed by atoms with Crippen molar-refractivity contribution in [2.24, 2.45) is 0 Å². The standard InChI is InChI=1S/C34H33Cl4N3O4S/c1-3-17-39-34(43)32(18-24-7-5-4-6-8-24)40(21-25-11-12-26(35)19-30(25)38)33(42)22-41(31-20-27(36)13-16-29(31)37)46(44,45)28-14-9-23(2)10-15-28/h4-16,19-20,32H,3,17-18,21-22H2,1-2H3,(H,39,43)/t32-/m0/s1. The third-order valence-corrected chi connectivity index (χ3v) is 10.2. The van der Waals surface area contributed by atoms with Crippen molar-refractivity contribution in [3.63, 3.8) is 0 Å². The maximum Gasteiger partial charge on any atom is 0.264 e. The molecule has 0 aromatic heterocycles. The monoisotopic (exact) mass is 719 g/mol. The van der Waals surface area contributed by atoms with Gasteiger partial charge in [-0.1, -0.05) is 107 Å². The summed E-state index contributed by atoms with van der Waals surface area (Å²) < 4.78 is 29.3. The summed E-state index contributed by atoms with van der Waals surface area (Å²) in [5.41, 5.74) is 2.20. The number of anilines is 1. The number of carbonyl (C=O) groups is 2. The molecule has 4 aromatic rings. The van der Waals surface area contributed by atoms with Crippen LogP contribution in [-0.4, -0.2) is 44.3 Å². The zero-order valence-corrected chi connectivity index (χ0v) is 29.1. The molecule has 2 amide bonds. The highest BCUT2D eigenvalue weighted by atomic mass is 35.5. The third-order valence-electron chi connectivity index (χ3n) is 7.24. The fraction of sp³-hybridized carbons (Fsp3) is 0.235. The van der Waals surface area contributed by atoms with Gasteiger partial charge >= 0.3 is 0 Å². The summed E-state index contributed by atoms with van der Waals surface area (Å²) in [6.45, 7) is 3.36. The predicted octanol–water partition coefficient (Wildman–Crippen LogP) is 7.97. The molecule has 4 rings (SSSR count). The lowest BCUT2D eigenvalue weighted by Crippen LogP contribution is -2.53. The second-order valence-corrected chi connectivity index (χ2v) is 14.2. The highest BCUT2D eigenvalue weighted by molar-refractivity contribution is 7.92. The molecule has 0 spiro atoms. The SMILES string of the molecule is CCCNC(=O)[C@H](Cc1ccccc1)N(Cc1ccc(Cl)cc1Cl)C(=O)CN(c1cc(Cl)ccc1Cl)S(=O)(=O)c1ccc(C)cc1. The van der Waals surface area contributed by atoms with Crippen LogP contribution >= 0.6 is 46.4 Å². The Morgan fingerprint density at radius 1 is 0.826 bits per heavy atom. The molecule has 7 nitrogen and oxygen atoms in total.